The molecule has 1 aromatic rings. The van der Waals surface area contributed by atoms with Gasteiger partial charge >= 0.3 is 6.09 Å². The van der Waals surface area contributed by atoms with Crippen molar-refractivity contribution >= 4 is 6.09 Å². The van der Waals surface area contributed by atoms with Crippen LogP contribution in [0.1, 0.15) is 44.9 Å². The van der Waals surface area contributed by atoms with Crippen LogP contribution >= 0.6 is 0 Å². The van der Waals surface area contributed by atoms with E-state index in [9.17, 15) is 15.0 Å². The summed E-state index contributed by atoms with van der Waals surface area (Å²) in [5.41, 5.74) is 0.785. The Labute approximate surface area is 119 Å². The van der Waals surface area contributed by atoms with Crippen molar-refractivity contribution in [2.75, 3.05) is 0 Å². The second-order valence-corrected chi connectivity index (χ2v) is 5.74. The van der Waals surface area contributed by atoms with E-state index in [-0.39, 0.29) is 6.54 Å². The van der Waals surface area contributed by atoms with Crippen LogP contribution in [0, 0.1) is 0 Å². The van der Waals surface area contributed by atoms with Gasteiger partial charge < -0.3 is 20.3 Å². The molecule has 5 nitrogen and oxygen atoms in total. The number of ether oxygens (including phenoxy) is 1. The van der Waals surface area contributed by atoms with Crippen LogP contribution in [0.5, 0.6) is 0 Å². The highest BCUT2D eigenvalue weighted by Gasteiger charge is 2.19. The summed E-state index contributed by atoms with van der Waals surface area (Å²) in [4.78, 5) is 11.6. The fourth-order valence-corrected chi connectivity index (χ4v) is 1.73. The molecule has 2 atom stereocenters. The molecule has 0 saturated carbocycles. The van der Waals surface area contributed by atoms with Gasteiger partial charge in [0.1, 0.15) is 11.7 Å². The van der Waals surface area contributed by atoms with Crippen LogP contribution < -0.4 is 5.32 Å². The Morgan fingerprint density at radius 2 is 1.90 bits per heavy atom. The third-order valence-electron chi connectivity index (χ3n) is 2.65. The van der Waals surface area contributed by atoms with Gasteiger partial charge in [-0.2, -0.15) is 0 Å². The predicted molar refractivity (Wildman–Crippen MR) is 76.2 cm³/mol. The molecule has 0 radical (unpaired) electrons. The molecule has 1 aromatic carbocycles. The molecular formula is C15H23NO4. The van der Waals surface area contributed by atoms with Gasteiger partial charge in [-0.3, -0.25) is 0 Å². The van der Waals surface area contributed by atoms with Gasteiger partial charge in [-0.05, 0) is 38.8 Å². The van der Waals surface area contributed by atoms with E-state index in [4.69, 9.17) is 4.74 Å². The first-order chi connectivity index (χ1) is 9.20. The number of hydrogen-bond donors (Lipinski definition) is 3. The molecule has 0 bridgehead atoms. The zero-order valence-corrected chi connectivity index (χ0v) is 12.4. The van der Waals surface area contributed by atoms with E-state index in [0.717, 1.165) is 5.56 Å². The number of rotatable bonds is 4. The SMILES string of the molecule is C[C@H](O)[C@H](O)c1ccccc1CNC(=O)OC(C)(C)C. The van der Waals surface area contributed by atoms with Crippen LogP contribution in [0.4, 0.5) is 4.79 Å². The Hall–Kier alpha value is -1.59. The highest BCUT2D eigenvalue weighted by atomic mass is 16.6. The van der Waals surface area contributed by atoms with Gasteiger partial charge in [-0.15, -0.1) is 0 Å². The first-order valence-corrected chi connectivity index (χ1v) is 6.61. The predicted octanol–water partition coefficient (Wildman–Crippen LogP) is 2.13. The molecule has 0 unspecified atom stereocenters. The number of aliphatic hydroxyl groups excluding tert-OH is 2. The van der Waals surface area contributed by atoms with E-state index in [0.29, 0.717) is 5.56 Å². The number of alkyl carbamates (subject to hydrolysis) is 1. The number of benzene rings is 1. The van der Waals surface area contributed by atoms with Crippen molar-refractivity contribution in [3.8, 4) is 0 Å². The summed E-state index contributed by atoms with van der Waals surface area (Å²) in [5, 5.41) is 22.0. The molecular weight excluding hydrogens is 258 g/mol. The van der Waals surface area contributed by atoms with Crippen LogP contribution in [0.3, 0.4) is 0 Å². The smallest absolute Gasteiger partial charge is 0.407 e. The van der Waals surface area contributed by atoms with Crippen molar-refractivity contribution in [2.45, 2.75) is 52.0 Å². The van der Waals surface area contributed by atoms with Gasteiger partial charge in [0.05, 0.1) is 6.10 Å². The zero-order chi connectivity index (χ0) is 15.3. The molecule has 0 fully saturated rings. The Kier molecular flexibility index (Phi) is 5.53. The number of nitrogens with one attached hydrogen (secondary N) is 1. The highest BCUT2D eigenvalue weighted by Crippen LogP contribution is 2.21. The maximum atomic E-state index is 11.6. The van der Waals surface area contributed by atoms with E-state index >= 15 is 0 Å². The van der Waals surface area contributed by atoms with Crippen LogP contribution in [0.15, 0.2) is 24.3 Å². The van der Waals surface area contributed by atoms with Gasteiger partial charge in [-0.1, -0.05) is 24.3 Å². The molecule has 0 heterocycles. The fraction of sp³-hybridized carbons (Fsp3) is 0.533. The van der Waals surface area contributed by atoms with Gasteiger partial charge in [-0.25, -0.2) is 4.79 Å². The quantitative estimate of drug-likeness (QED) is 0.790. The molecule has 1 amide bonds. The van der Waals surface area contributed by atoms with Gasteiger partial charge in [0.25, 0.3) is 0 Å². The van der Waals surface area contributed by atoms with Crippen molar-refractivity contribution in [2.24, 2.45) is 0 Å². The van der Waals surface area contributed by atoms with Crippen molar-refractivity contribution < 1.29 is 19.7 Å². The lowest BCUT2D eigenvalue weighted by molar-refractivity contribution is 0.0297. The Bertz CT molecular complexity index is 451. The zero-order valence-electron chi connectivity index (χ0n) is 12.4. The minimum absolute atomic E-state index is 0.231. The molecule has 0 aliphatic rings. The summed E-state index contributed by atoms with van der Waals surface area (Å²) in [5.74, 6) is 0. The minimum Gasteiger partial charge on any atom is -0.444 e. The number of carbonyl (C=O) groups is 1. The summed E-state index contributed by atoms with van der Waals surface area (Å²) in [6, 6.07) is 7.10. The maximum absolute atomic E-state index is 11.6. The number of amides is 1. The second-order valence-electron chi connectivity index (χ2n) is 5.74. The van der Waals surface area contributed by atoms with E-state index in [1.165, 1.54) is 6.92 Å². The first-order valence-electron chi connectivity index (χ1n) is 6.61. The summed E-state index contributed by atoms with van der Waals surface area (Å²) in [6.45, 7) is 7.12. The van der Waals surface area contributed by atoms with E-state index < -0.39 is 23.9 Å². The van der Waals surface area contributed by atoms with Crippen LogP contribution in [0.2, 0.25) is 0 Å². The molecule has 0 aromatic heterocycles. The molecule has 0 saturated heterocycles. The summed E-state index contributed by atoms with van der Waals surface area (Å²) in [7, 11) is 0. The average Bonchev–Trinajstić information content (AvgIpc) is 2.33. The molecule has 0 spiro atoms. The molecule has 20 heavy (non-hydrogen) atoms. The number of aliphatic hydroxyl groups is 2. The monoisotopic (exact) mass is 281 g/mol. The van der Waals surface area contributed by atoms with Crippen LogP contribution in [0.25, 0.3) is 0 Å². The molecule has 0 aliphatic carbocycles. The molecule has 1 rings (SSSR count). The second kappa shape index (κ2) is 6.72. The number of carbonyl (C=O) groups excluding carboxylic acids is 1. The van der Waals surface area contributed by atoms with Crippen molar-refractivity contribution in [3.63, 3.8) is 0 Å². The lowest BCUT2D eigenvalue weighted by atomic mass is 9.99. The van der Waals surface area contributed by atoms with Gasteiger partial charge in [0.15, 0.2) is 0 Å². The fourth-order valence-electron chi connectivity index (χ4n) is 1.73. The molecule has 3 N–H and O–H groups in total. The van der Waals surface area contributed by atoms with Crippen LogP contribution in [-0.4, -0.2) is 28.0 Å². The van der Waals surface area contributed by atoms with Crippen molar-refractivity contribution in [1.29, 1.82) is 0 Å². The van der Waals surface area contributed by atoms with E-state index in [1.807, 2.05) is 6.07 Å². The molecule has 5 heteroatoms. The standard InChI is InChI=1S/C15H23NO4/c1-10(17)13(18)12-8-6-5-7-11(12)9-16-14(19)20-15(2,3)4/h5-8,10,13,17-18H,9H2,1-4H3,(H,16,19)/t10-,13-/m0/s1. The van der Waals surface area contributed by atoms with Gasteiger partial charge in [0.2, 0.25) is 0 Å². The third-order valence-corrected chi connectivity index (χ3v) is 2.65. The molecule has 112 valence electrons. The van der Waals surface area contributed by atoms with E-state index in [1.54, 1.807) is 39.0 Å². The summed E-state index contributed by atoms with van der Waals surface area (Å²) < 4.78 is 5.15. The number of hydrogen-bond acceptors (Lipinski definition) is 4. The first kappa shape index (κ1) is 16.5. The van der Waals surface area contributed by atoms with Crippen molar-refractivity contribution in [3.05, 3.63) is 35.4 Å². The van der Waals surface area contributed by atoms with E-state index in [2.05, 4.69) is 5.32 Å². The Morgan fingerprint density at radius 1 is 1.30 bits per heavy atom. The lowest BCUT2D eigenvalue weighted by Crippen LogP contribution is -2.32. The lowest BCUT2D eigenvalue weighted by Gasteiger charge is -2.21. The summed E-state index contributed by atoms with van der Waals surface area (Å²) >= 11 is 0. The third kappa shape index (κ3) is 5.19. The van der Waals surface area contributed by atoms with Crippen molar-refractivity contribution in [1.82, 2.24) is 5.32 Å². The largest absolute Gasteiger partial charge is 0.444 e. The Balaban J connectivity index is 2.71. The Morgan fingerprint density at radius 3 is 2.45 bits per heavy atom. The minimum atomic E-state index is -0.980. The highest BCUT2D eigenvalue weighted by molar-refractivity contribution is 5.67. The van der Waals surface area contributed by atoms with Gasteiger partial charge in [0, 0.05) is 6.54 Å². The normalized spacial score (nSPS) is 14.5. The average molecular weight is 281 g/mol. The maximum Gasteiger partial charge on any atom is 0.407 e. The van der Waals surface area contributed by atoms with Crippen LogP contribution in [-0.2, 0) is 11.3 Å². The molecule has 0 aliphatic heterocycles. The summed E-state index contributed by atoms with van der Waals surface area (Å²) in [6.07, 6.45) is -2.37. The topological polar surface area (TPSA) is 78.8 Å².